The van der Waals surface area contributed by atoms with Crippen molar-refractivity contribution in [2.24, 2.45) is 5.73 Å². The van der Waals surface area contributed by atoms with Crippen LogP contribution in [0.4, 0.5) is 11.8 Å². The number of benzene rings is 1. The number of carbonyl (C=O) groups excluding carboxylic acids is 1. The largest absolute Gasteiger partial charge is 0.365 e. The molecule has 3 heterocycles. The van der Waals surface area contributed by atoms with Crippen LogP contribution in [0.2, 0.25) is 0 Å². The highest BCUT2D eigenvalue weighted by Gasteiger charge is 2.27. The Labute approximate surface area is 256 Å². The summed E-state index contributed by atoms with van der Waals surface area (Å²) in [5.41, 5.74) is 10.0. The van der Waals surface area contributed by atoms with Crippen LogP contribution in [0.15, 0.2) is 30.6 Å². The lowest BCUT2D eigenvalue weighted by Gasteiger charge is -2.33. The van der Waals surface area contributed by atoms with Gasteiger partial charge in [-0.1, -0.05) is 51.2 Å². The van der Waals surface area contributed by atoms with E-state index in [-0.39, 0.29) is 11.9 Å². The van der Waals surface area contributed by atoms with E-state index in [1.54, 1.807) is 0 Å². The number of carbonyl (C=O) groups is 1. The molecule has 9 heteroatoms. The van der Waals surface area contributed by atoms with Crippen molar-refractivity contribution in [1.82, 2.24) is 24.4 Å². The number of imidazole rings is 1. The average molecular weight is 587 g/mol. The van der Waals surface area contributed by atoms with Crippen LogP contribution in [-0.2, 0) is 6.42 Å². The maximum atomic E-state index is 13.3. The van der Waals surface area contributed by atoms with E-state index in [1.807, 2.05) is 23.4 Å². The molecular weight excluding hydrogens is 536 g/mol. The number of piperidine rings is 1. The van der Waals surface area contributed by atoms with E-state index < -0.39 is 0 Å². The molecule has 3 aliphatic rings. The molecule has 3 aromatic rings. The SMILES string of the molecule is CCCCCCc1ccc(C(=O)N2CCC(Nc3nc(NC4CCC(N)CC4)nc4c3ncn4C3CCCC3)CC2)cc1. The molecule has 1 aliphatic heterocycles. The van der Waals surface area contributed by atoms with Crippen LogP contribution in [0.3, 0.4) is 0 Å². The lowest BCUT2D eigenvalue weighted by molar-refractivity contribution is 0.0718. The van der Waals surface area contributed by atoms with Gasteiger partial charge in [0.1, 0.15) is 0 Å². The normalized spacial score (nSPS) is 21.9. The van der Waals surface area contributed by atoms with Crippen LogP contribution in [0.5, 0.6) is 0 Å². The fraction of sp³-hybridized carbons (Fsp3) is 0.647. The predicted octanol–water partition coefficient (Wildman–Crippen LogP) is 6.46. The number of nitrogens with zero attached hydrogens (tertiary/aromatic N) is 5. The van der Waals surface area contributed by atoms with Gasteiger partial charge in [-0.25, -0.2) is 4.98 Å². The van der Waals surface area contributed by atoms with Gasteiger partial charge in [-0.05, 0) is 81.9 Å². The molecule has 1 saturated heterocycles. The molecule has 3 fully saturated rings. The minimum atomic E-state index is 0.134. The highest BCUT2D eigenvalue weighted by atomic mass is 16.2. The van der Waals surface area contributed by atoms with Crippen molar-refractivity contribution in [3.8, 4) is 0 Å². The summed E-state index contributed by atoms with van der Waals surface area (Å²) in [6.07, 6.45) is 18.9. The Hall–Kier alpha value is -3.20. The first-order valence-corrected chi connectivity index (χ1v) is 17.0. The number of anilines is 2. The first-order chi connectivity index (χ1) is 21.1. The second-order valence-electron chi connectivity index (χ2n) is 13.1. The summed E-state index contributed by atoms with van der Waals surface area (Å²) >= 11 is 0. The molecule has 2 saturated carbocycles. The summed E-state index contributed by atoms with van der Waals surface area (Å²) in [5, 5.41) is 7.35. The third-order valence-electron chi connectivity index (χ3n) is 9.89. The second-order valence-corrected chi connectivity index (χ2v) is 13.1. The summed E-state index contributed by atoms with van der Waals surface area (Å²) in [7, 11) is 0. The molecule has 43 heavy (non-hydrogen) atoms. The lowest BCUT2D eigenvalue weighted by Crippen LogP contribution is -2.42. The molecule has 2 aromatic heterocycles. The number of unbranched alkanes of at least 4 members (excludes halogenated alkanes) is 3. The quantitative estimate of drug-likeness (QED) is 0.221. The van der Waals surface area contributed by atoms with Gasteiger partial charge in [0.15, 0.2) is 17.0 Å². The molecule has 1 aromatic carbocycles. The van der Waals surface area contributed by atoms with E-state index >= 15 is 0 Å². The number of fused-ring (bicyclic) bond motifs is 1. The van der Waals surface area contributed by atoms with Gasteiger partial charge in [0, 0.05) is 42.8 Å². The minimum absolute atomic E-state index is 0.134. The molecule has 2 aliphatic carbocycles. The number of hydrogen-bond donors (Lipinski definition) is 3. The first kappa shape index (κ1) is 29.9. The summed E-state index contributed by atoms with van der Waals surface area (Å²) in [4.78, 5) is 30.1. The number of rotatable bonds is 11. The van der Waals surface area contributed by atoms with Crippen LogP contribution >= 0.6 is 0 Å². The van der Waals surface area contributed by atoms with Crippen LogP contribution < -0.4 is 16.4 Å². The van der Waals surface area contributed by atoms with E-state index in [1.165, 1.54) is 56.9 Å². The Balaban J connectivity index is 1.10. The zero-order valence-electron chi connectivity index (χ0n) is 25.9. The number of nitrogens with one attached hydrogen (secondary N) is 2. The van der Waals surface area contributed by atoms with Crippen molar-refractivity contribution < 1.29 is 4.79 Å². The topological polar surface area (TPSA) is 114 Å². The molecule has 9 nitrogen and oxygen atoms in total. The molecule has 1 amide bonds. The van der Waals surface area contributed by atoms with Crippen molar-refractivity contribution >= 4 is 28.8 Å². The lowest BCUT2D eigenvalue weighted by atomic mass is 9.92. The Bertz CT molecular complexity index is 1330. The molecule has 0 unspecified atom stereocenters. The Morgan fingerprint density at radius 2 is 1.60 bits per heavy atom. The van der Waals surface area contributed by atoms with Crippen LogP contribution in [0.25, 0.3) is 11.2 Å². The monoisotopic (exact) mass is 586 g/mol. The molecule has 0 radical (unpaired) electrons. The zero-order valence-corrected chi connectivity index (χ0v) is 25.9. The third kappa shape index (κ3) is 7.31. The number of nitrogens with two attached hydrogens (primary N) is 1. The summed E-state index contributed by atoms with van der Waals surface area (Å²) < 4.78 is 2.27. The van der Waals surface area contributed by atoms with E-state index in [0.717, 1.165) is 80.6 Å². The fourth-order valence-corrected chi connectivity index (χ4v) is 7.15. The number of hydrogen-bond acceptors (Lipinski definition) is 7. The van der Waals surface area contributed by atoms with Gasteiger partial charge < -0.3 is 25.8 Å². The predicted molar refractivity (Wildman–Crippen MR) is 174 cm³/mol. The van der Waals surface area contributed by atoms with E-state index in [4.69, 9.17) is 20.7 Å². The van der Waals surface area contributed by atoms with Gasteiger partial charge in [-0.2, -0.15) is 9.97 Å². The van der Waals surface area contributed by atoms with E-state index in [2.05, 4.69) is 34.3 Å². The highest BCUT2D eigenvalue weighted by molar-refractivity contribution is 5.94. The fourth-order valence-electron chi connectivity index (χ4n) is 7.15. The zero-order chi connectivity index (χ0) is 29.6. The van der Waals surface area contributed by atoms with Crippen molar-refractivity contribution in [3.63, 3.8) is 0 Å². The minimum Gasteiger partial charge on any atom is -0.365 e. The average Bonchev–Trinajstić information content (AvgIpc) is 3.71. The Kier molecular flexibility index (Phi) is 9.76. The second kappa shape index (κ2) is 14.1. The summed E-state index contributed by atoms with van der Waals surface area (Å²) in [5.74, 6) is 1.61. The molecule has 0 atom stereocenters. The number of likely N-dealkylation sites (tertiary alicyclic amines) is 1. The van der Waals surface area contributed by atoms with Crippen molar-refractivity contribution in [3.05, 3.63) is 41.7 Å². The highest BCUT2D eigenvalue weighted by Crippen LogP contribution is 2.34. The van der Waals surface area contributed by atoms with Crippen LogP contribution in [0.1, 0.15) is 119 Å². The van der Waals surface area contributed by atoms with Gasteiger partial charge in [-0.3, -0.25) is 4.79 Å². The number of aryl methyl sites for hydroxylation is 1. The summed E-state index contributed by atoms with van der Waals surface area (Å²) in [6.45, 7) is 3.70. The molecule has 0 bridgehead atoms. The first-order valence-electron chi connectivity index (χ1n) is 17.0. The number of amides is 1. The Morgan fingerprint density at radius 1 is 0.884 bits per heavy atom. The third-order valence-corrected chi connectivity index (χ3v) is 9.89. The van der Waals surface area contributed by atoms with Crippen molar-refractivity contribution in [2.45, 2.75) is 127 Å². The van der Waals surface area contributed by atoms with E-state index in [9.17, 15) is 4.79 Å². The number of aromatic nitrogens is 4. The molecular formula is C34H50N8O. The van der Waals surface area contributed by atoms with E-state index in [0.29, 0.717) is 24.1 Å². The van der Waals surface area contributed by atoms with Gasteiger partial charge in [0.25, 0.3) is 5.91 Å². The summed E-state index contributed by atoms with van der Waals surface area (Å²) in [6, 6.07) is 9.61. The van der Waals surface area contributed by atoms with Crippen molar-refractivity contribution in [1.29, 1.82) is 0 Å². The Morgan fingerprint density at radius 3 is 2.33 bits per heavy atom. The van der Waals surface area contributed by atoms with Gasteiger partial charge in [-0.15, -0.1) is 0 Å². The van der Waals surface area contributed by atoms with Gasteiger partial charge in [0.05, 0.1) is 6.33 Å². The standard InChI is InChI=1S/C34H50N8O/c1-2-3-4-5-8-24-11-13-25(14-12-24)33(43)41-21-19-28(20-22-41)37-31-30-32(42(23-36-30)29-9-6-7-10-29)40-34(39-31)38-27-17-15-26(35)16-18-27/h11-14,23,26-29H,2-10,15-22,35H2,1H3,(H2,37,38,39,40). The smallest absolute Gasteiger partial charge is 0.253 e. The van der Waals surface area contributed by atoms with Gasteiger partial charge >= 0.3 is 0 Å². The molecule has 232 valence electrons. The maximum absolute atomic E-state index is 13.3. The molecule has 4 N–H and O–H groups in total. The van der Waals surface area contributed by atoms with Crippen LogP contribution in [-0.4, -0.2) is 61.5 Å². The molecule has 6 rings (SSSR count). The molecule has 0 spiro atoms. The van der Waals surface area contributed by atoms with Crippen LogP contribution in [0, 0.1) is 0 Å². The van der Waals surface area contributed by atoms with Crippen molar-refractivity contribution in [2.75, 3.05) is 23.7 Å². The van der Waals surface area contributed by atoms with Gasteiger partial charge in [0.2, 0.25) is 5.95 Å². The maximum Gasteiger partial charge on any atom is 0.253 e.